The molecule has 2 rings (SSSR count). The molecule has 8 heteroatoms. The molecule has 0 bridgehead atoms. The van der Waals surface area contributed by atoms with E-state index in [0.29, 0.717) is 12.0 Å². The third-order valence-electron chi connectivity index (χ3n) is 5.55. The van der Waals surface area contributed by atoms with E-state index in [0.717, 1.165) is 19.3 Å². The van der Waals surface area contributed by atoms with Gasteiger partial charge < -0.3 is 14.6 Å². The lowest BCUT2D eigenvalue weighted by atomic mass is 10.1. The van der Waals surface area contributed by atoms with Gasteiger partial charge in [-0.25, -0.2) is 4.79 Å². The van der Waals surface area contributed by atoms with E-state index in [1.165, 1.54) is 49.3 Å². The van der Waals surface area contributed by atoms with Crippen LogP contribution in [0.15, 0.2) is 15.8 Å². The lowest BCUT2D eigenvalue weighted by molar-refractivity contribution is -0.150. The third-order valence-corrected chi connectivity index (χ3v) is 5.55. The lowest BCUT2D eigenvalue weighted by Crippen LogP contribution is -2.33. The molecule has 30 heavy (non-hydrogen) atoms. The Balaban J connectivity index is 1.64. The summed E-state index contributed by atoms with van der Waals surface area (Å²) in [5.41, 5.74) is -0.661. The van der Waals surface area contributed by atoms with Crippen LogP contribution in [-0.4, -0.2) is 39.4 Å². The molecule has 1 unspecified atom stereocenters. The first-order chi connectivity index (χ1) is 14.4. The molecule has 1 fully saturated rings. The summed E-state index contributed by atoms with van der Waals surface area (Å²) in [5.74, 6) is -0.297. The highest BCUT2D eigenvalue weighted by Gasteiger charge is 2.36. The Morgan fingerprint density at radius 2 is 1.80 bits per heavy atom. The van der Waals surface area contributed by atoms with E-state index in [1.54, 1.807) is 6.92 Å². The lowest BCUT2D eigenvalue weighted by Gasteiger charge is -2.16. The number of nitrogens with one attached hydrogen (secondary N) is 1. The number of rotatable bonds is 13. The minimum Gasteiger partial charge on any atom is -0.463 e. The van der Waals surface area contributed by atoms with Crippen LogP contribution in [0.2, 0.25) is 0 Å². The highest BCUT2D eigenvalue weighted by Crippen LogP contribution is 2.27. The molecule has 1 aliphatic heterocycles. The summed E-state index contributed by atoms with van der Waals surface area (Å²) in [7, 11) is 0. The van der Waals surface area contributed by atoms with Gasteiger partial charge in [-0.2, -0.15) is 0 Å². The number of carbonyl (C=O) groups is 1. The number of aromatic amines is 1. The average molecular weight is 425 g/mol. The molecule has 2 N–H and O–H groups in total. The van der Waals surface area contributed by atoms with Gasteiger partial charge in [0.05, 0.1) is 6.10 Å². The SMILES string of the molecule is CCCCCCCCCCCC(=O)OC[C@H]1O[C@@H](n2cc(C)c(=O)[nH]c2=O)CC1O. The molecule has 1 aromatic rings. The van der Waals surface area contributed by atoms with Gasteiger partial charge in [-0.15, -0.1) is 0 Å². The molecule has 0 aliphatic carbocycles. The maximum atomic E-state index is 12.0. The molecule has 0 aromatic carbocycles. The normalized spacial score (nSPS) is 21.1. The minimum atomic E-state index is -0.852. The quantitative estimate of drug-likeness (QED) is 0.372. The Kier molecular flexibility index (Phi) is 10.3. The summed E-state index contributed by atoms with van der Waals surface area (Å²) < 4.78 is 12.2. The fourth-order valence-electron chi connectivity index (χ4n) is 3.66. The number of ether oxygens (including phenoxy) is 2. The van der Waals surface area contributed by atoms with Gasteiger partial charge in [0.1, 0.15) is 18.9 Å². The first-order valence-corrected chi connectivity index (χ1v) is 11.2. The number of unbranched alkanes of at least 4 members (excludes halogenated alkanes) is 8. The Bertz CT molecular complexity index is 772. The Morgan fingerprint density at radius 1 is 1.17 bits per heavy atom. The Morgan fingerprint density at radius 3 is 2.47 bits per heavy atom. The van der Waals surface area contributed by atoms with Gasteiger partial charge >= 0.3 is 11.7 Å². The zero-order chi connectivity index (χ0) is 21.9. The first-order valence-electron chi connectivity index (χ1n) is 11.2. The number of carbonyl (C=O) groups excluding carboxylic acids is 1. The van der Waals surface area contributed by atoms with E-state index in [2.05, 4.69) is 11.9 Å². The number of aliphatic hydroxyl groups is 1. The number of hydrogen-bond acceptors (Lipinski definition) is 6. The Hall–Kier alpha value is -1.93. The molecule has 8 nitrogen and oxygen atoms in total. The second-order valence-corrected chi connectivity index (χ2v) is 8.17. The summed E-state index contributed by atoms with van der Waals surface area (Å²) in [4.78, 5) is 37.6. The van der Waals surface area contributed by atoms with Crippen molar-refractivity contribution in [1.29, 1.82) is 0 Å². The van der Waals surface area contributed by atoms with Crippen molar-refractivity contribution in [3.8, 4) is 0 Å². The molecular weight excluding hydrogens is 388 g/mol. The average Bonchev–Trinajstić information content (AvgIpc) is 3.08. The smallest absolute Gasteiger partial charge is 0.330 e. The third kappa shape index (κ3) is 7.72. The van der Waals surface area contributed by atoms with E-state index in [1.807, 2.05) is 0 Å². The van der Waals surface area contributed by atoms with E-state index < -0.39 is 29.7 Å². The number of aromatic nitrogens is 2. The maximum absolute atomic E-state index is 12.0. The van der Waals surface area contributed by atoms with Crippen molar-refractivity contribution in [3.63, 3.8) is 0 Å². The van der Waals surface area contributed by atoms with Gasteiger partial charge in [0.2, 0.25) is 0 Å². The highest BCUT2D eigenvalue weighted by atomic mass is 16.6. The topological polar surface area (TPSA) is 111 Å². The Labute approximate surface area is 177 Å². The van der Waals surface area contributed by atoms with Crippen LogP contribution in [0.25, 0.3) is 0 Å². The molecule has 3 atom stereocenters. The van der Waals surface area contributed by atoms with Crippen molar-refractivity contribution in [2.45, 2.75) is 103 Å². The first kappa shape index (κ1) is 24.3. The number of esters is 1. The van der Waals surface area contributed by atoms with Crippen molar-refractivity contribution in [3.05, 3.63) is 32.6 Å². The van der Waals surface area contributed by atoms with Crippen molar-refractivity contribution < 1.29 is 19.4 Å². The molecule has 0 radical (unpaired) electrons. The van der Waals surface area contributed by atoms with E-state index in [-0.39, 0.29) is 19.0 Å². The van der Waals surface area contributed by atoms with Crippen LogP contribution in [0.5, 0.6) is 0 Å². The number of nitrogens with zero attached hydrogens (tertiary/aromatic N) is 1. The molecule has 0 amide bonds. The van der Waals surface area contributed by atoms with Crippen molar-refractivity contribution in [2.75, 3.05) is 6.61 Å². The summed E-state index contributed by atoms with van der Waals surface area (Å²) in [6, 6.07) is 0. The number of hydrogen-bond donors (Lipinski definition) is 2. The zero-order valence-electron chi connectivity index (χ0n) is 18.2. The molecular formula is C22H36N2O6. The van der Waals surface area contributed by atoms with Crippen LogP contribution >= 0.6 is 0 Å². The largest absolute Gasteiger partial charge is 0.463 e. The summed E-state index contributed by atoms with van der Waals surface area (Å²) in [6.45, 7) is 3.75. The van der Waals surface area contributed by atoms with E-state index >= 15 is 0 Å². The van der Waals surface area contributed by atoms with Crippen molar-refractivity contribution >= 4 is 5.97 Å². The second kappa shape index (κ2) is 12.7. The van der Waals surface area contributed by atoms with Gasteiger partial charge in [0.25, 0.3) is 5.56 Å². The van der Waals surface area contributed by atoms with Crippen LogP contribution in [0.1, 0.15) is 89.3 Å². The van der Waals surface area contributed by atoms with E-state index in [9.17, 15) is 19.5 Å². The number of aliphatic hydroxyl groups excluding tert-OH is 1. The minimum absolute atomic E-state index is 0.0506. The standard InChI is InChI=1S/C22H36N2O6/c1-3-4-5-6-7-8-9-10-11-12-20(26)29-15-18-17(25)13-19(30-18)24-14-16(2)21(27)23-22(24)28/h14,17-19,25H,3-13,15H2,1-2H3,(H,23,27,28)/t17?,18-,19-/m1/s1. The molecule has 1 aromatic heterocycles. The summed E-state index contributed by atoms with van der Waals surface area (Å²) >= 11 is 0. The molecule has 0 spiro atoms. The van der Waals surface area contributed by atoms with Crippen LogP contribution in [0.4, 0.5) is 0 Å². The molecule has 170 valence electrons. The summed E-state index contributed by atoms with van der Waals surface area (Å²) in [5, 5.41) is 10.2. The number of aryl methyl sites for hydroxylation is 1. The van der Waals surface area contributed by atoms with Crippen molar-refractivity contribution in [1.82, 2.24) is 9.55 Å². The van der Waals surface area contributed by atoms with Crippen LogP contribution < -0.4 is 11.2 Å². The van der Waals surface area contributed by atoms with Crippen LogP contribution in [-0.2, 0) is 14.3 Å². The van der Waals surface area contributed by atoms with Gasteiger partial charge in [-0.05, 0) is 13.3 Å². The fraction of sp³-hybridized carbons (Fsp3) is 0.773. The van der Waals surface area contributed by atoms with E-state index in [4.69, 9.17) is 9.47 Å². The predicted molar refractivity (Wildman–Crippen MR) is 113 cm³/mol. The van der Waals surface area contributed by atoms with Gasteiger partial charge in [0.15, 0.2) is 0 Å². The molecule has 2 heterocycles. The molecule has 0 saturated carbocycles. The van der Waals surface area contributed by atoms with Crippen molar-refractivity contribution in [2.24, 2.45) is 0 Å². The van der Waals surface area contributed by atoms with Gasteiger partial charge in [-0.3, -0.25) is 19.1 Å². The second-order valence-electron chi connectivity index (χ2n) is 8.17. The van der Waals surface area contributed by atoms with Gasteiger partial charge in [-0.1, -0.05) is 58.3 Å². The predicted octanol–water partition coefficient (Wildman–Crippen LogP) is 2.96. The summed E-state index contributed by atoms with van der Waals surface area (Å²) in [6.07, 6.45) is 10.3. The highest BCUT2D eigenvalue weighted by molar-refractivity contribution is 5.69. The van der Waals surface area contributed by atoms with Gasteiger partial charge in [0, 0.05) is 24.6 Å². The molecule has 1 aliphatic rings. The zero-order valence-corrected chi connectivity index (χ0v) is 18.2. The molecule has 1 saturated heterocycles. The number of H-pyrrole nitrogens is 1. The monoisotopic (exact) mass is 424 g/mol. The maximum Gasteiger partial charge on any atom is 0.330 e. The van der Waals surface area contributed by atoms with Crippen LogP contribution in [0, 0.1) is 6.92 Å². The fourth-order valence-corrected chi connectivity index (χ4v) is 3.66. The van der Waals surface area contributed by atoms with Crippen LogP contribution in [0.3, 0.4) is 0 Å².